The lowest BCUT2D eigenvalue weighted by Crippen LogP contribution is -2.40. The molecule has 1 saturated heterocycles. The summed E-state index contributed by atoms with van der Waals surface area (Å²) in [5.41, 5.74) is 2.66. The number of piperidine rings is 1. The number of sulfonamides is 1. The van der Waals surface area contributed by atoms with Crippen LogP contribution < -0.4 is 14.4 Å². The Bertz CT molecular complexity index is 1000. The first-order valence-corrected chi connectivity index (χ1v) is 13.5. The number of amides is 1. The molecule has 1 fully saturated rings. The Kier molecular flexibility index (Phi) is 9.14. The van der Waals surface area contributed by atoms with Crippen LogP contribution in [0.15, 0.2) is 48.5 Å². The van der Waals surface area contributed by atoms with Gasteiger partial charge in [0.2, 0.25) is 15.9 Å². The number of likely N-dealkylation sites (tertiary alicyclic amines) is 1. The fraction of sp³-hybridized carbons (Fsp3) is 0.480. The smallest absolute Gasteiger partial charge is 0.241 e. The summed E-state index contributed by atoms with van der Waals surface area (Å²) in [5.74, 6) is 0.316. The van der Waals surface area contributed by atoms with Gasteiger partial charge in [-0.25, -0.2) is 8.42 Å². The van der Waals surface area contributed by atoms with E-state index in [0.717, 1.165) is 42.2 Å². The summed E-state index contributed by atoms with van der Waals surface area (Å²) in [6.07, 6.45) is 5.80. The summed E-state index contributed by atoms with van der Waals surface area (Å²) >= 11 is 0. The van der Waals surface area contributed by atoms with Crippen LogP contribution in [0.3, 0.4) is 0 Å². The van der Waals surface area contributed by atoms with E-state index < -0.39 is 10.0 Å². The molecule has 0 atom stereocenters. The molecule has 3 rings (SSSR count). The third-order valence-corrected chi connectivity index (χ3v) is 6.76. The molecule has 1 heterocycles. The zero-order valence-electron chi connectivity index (χ0n) is 19.6. The van der Waals surface area contributed by atoms with Crippen LogP contribution in [0.5, 0.6) is 5.75 Å². The van der Waals surface area contributed by atoms with E-state index in [1.54, 1.807) is 24.3 Å². The minimum atomic E-state index is -3.62. The maximum Gasteiger partial charge on any atom is 0.241 e. The lowest BCUT2D eigenvalue weighted by Gasteiger charge is -2.26. The first kappa shape index (κ1) is 25.1. The molecule has 1 aliphatic heterocycles. The summed E-state index contributed by atoms with van der Waals surface area (Å²) in [7, 11) is -3.62. The second-order valence-corrected chi connectivity index (χ2v) is 10.5. The van der Waals surface area contributed by atoms with Gasteiger partial charge < -0.3 is 10.1 Å². The number of carbonyl (C=O) groups excluding carboxylic acids is 1. The average Bonchev–Trinajstić information content (AvgIpc) is 2.80. The molecule has 180 valence electrons. The zero-order valence-corrected chi connectivity index (χ0v) is 20.4. The van der Waals surface area contributed by atoms with E-state index in [2.05, 4.69) is 22.3 Å². The van der Waals surface area contributed by atoms with Gasteiger partial charge in [-0.15, -0.1) is 0 Å². The van der Waals surface area contributed by atoms with Gasteiger partial charge in [0.05, 0.1) is 18.6 Å². The van der Waals surface area contributed by atoms with Gasteiger partial charge in [-0.1, -0.05) is 37.6 Å². The van der Waals surface area contributed by atoms with Gasteiger partial charge in [-0.2, -0.15) is 0 Å². The molecule has 0 radical (unpaired) electrons. The first-order valence-electron chi connectivity index (χ1n) is 11.6. The number of ether oxygens (including phenoxy) is 1. The molecule has 0 aliphatic carbocycles. The third-order valence-electron chi connectivity index (χ3n) is 5.62. The predicted molar refractivity (Wildman–Crippen MR) is 132 cm³/mol. The van der Waals surface area contributed by atoms with E-state index >= 15 is 0 Å². The number of nitrogens with one attached hydrogen (secondary N) is 1. The van der Waals surface area contributed by atoms with Crippen molar-refractivity contribution < 1.29 is 17.9 Å². The van der Waals surface area contributed by atoms with Crippen molar-refractivity contribution in [2.75, 3.05) is 36.8 Å². The van der Waals surface area contributed by atoms with Crippen molar-refractivity contribution in [1.82, 2.24) is 10.2 Å². The van der Waals surface area contributed by atoms with Crippen LogP contribution in [0.25, 0.3) is 0 Å². The topological polar surface area (TPSA) is 79.0 Å². The molecule has 0 bridgehead atoms. The van der Waals surface area contributed by atoms with Crippen molar-refractivity contribution in [3.05, 3.63) is 59.7 Å². The largest absolute Gasteiger partial charge is 0.494 e. The summed E-state index contributed by atoms with van der Waals surface area (Å²) in [4.78, 5) is 15.1. The van der Waals surface area contributed by atoms with E-state index in [1.165, 1.54) is 24.8 Å². The van der Waals surface area contributed by atoms with Crippen LogP contribution in [0, 0.1) is 0 Å². The number of rotatable bonds is 11. The Hall–Kier alpha value is -2.58. The number of hydrogen-bond donors (Lipinski definition) is 1. The quantitative estimate of drug-likeness (QED) is 0.540. The van der Waals surface area contributed by atoms with E-state index in [9.17, 15) is 13.2 Å². The highest BCUT2D eigenvalue weighted by Gasteiger charge is 2.21. The van der Waals surface area contributed by atoms with Crippen molar-refractivity contribution in [1.29, 1.82) is 0 Å². The van der Waals surface area contributed by atoms with E-state index in [-0.39, 0.29) is 12.5 Å². The van der Waals surface area contributed by atoms with Gasteiger partial charge in [-0.05, 0) is 67.7 Å². The fourth-order valence-electron chi connectivity index (χ4n) is 3.93. The Morgan fingerprint density at radius 3 is 2.42 bits per heavy atom. The second-order valence-electron chi connectivity index (χ2n) is 8.55. The van der Waals surface area contributed by atoms with Crippen molar-refractivity contribution in [2.45, 2.75) is 45.7 Å². The molecule has 0 spiro atoms. The summed E-state index contributed by atoms with van der Waals surface area (Å²) in [5, 5.41) is 2.86. The highest BCUT2D eigenvalue weighted by molar-refractivity contribution is 7.92. The molecule has 2 aromatic rings. The molecule has 1 aliphatic rings. The monoisotopic (exact) mass is 473 g/mol. The lowest BCUT2D eigenvalue weighted by molar-refractivity contribution is -0.119. The molecule has 2 aromatic carbocycles. The summed E-state index contributed by atoms with van der Waals surface area (Å²) in [6.45, 7) is 5.87. The predicted octanol–water partition coefficient (Wildman–Crippen LogP) is 3.54. The normalized spacial score (nSPS) is 14.6. The van der Waals surface area contributed by atoms with E-state index in [4.69, 9.17) is 4.74 Å². The Labute approximate surface area is 197 Å². The maximum atomic E-state index is 12.6. The number of anilines is 1. The van der Waals surface area contributed by atoms with Gasteiger partial charge in [0.15, 0.2) is 0 Å². The summed E-state index contributed by atoms with van der Waals surface area (Å²) < 4.78 is 31.3. The molecular formula is C25H35N3O4S. The van der Waals surface area contributed by atoms with Gasteiger partial charge in [0.1, 0.15) is 12.3 Å². The molecule has 0 saturated carbocycles. The molecule has 7 nitrogen and oxygen atoms in total. The number of hydrogen-bond acceptors (Lipinski definition) is 5. The second kappa shape index (κ2) is 12.0. The van der Waals surface area contributed by atoms with Gasteiger partial charge in [-0.3, -0.25) is 14.0 Å². The minimum absolute atomic E-state index is 0.276. The number of nitrogens with zero attached hydrogens (tertiary/aromatic N) is 2. The Morgan fingerprint density at radius 2 is 1.76 bits per heavy atom. The van der Waals surface area contributed by atoms with Gasteiger partial charge >= 0.3 is 0 Å². The molecule has 1 N–H and O–H groups in total. The Morgan fingerprint density at radius 1 is 1.06 bits per heavy atom. The molecular weight excluding hydrogens is 438 g/mol. The zero-order chi connectivity index (χ0) is 23.7. The maximum absolute atomic E-state index is 12.6. The van der Waals surface area contributed by atoms with Crippen LogP contribution in [0.1, 0.15) is 43.7 Å². The molecule has 0 unspecified atom stereocenters. The van der Waals surface area contributed by atoms with Gasteiger partial charge in [0, 0.05) is 13.1 Å². The molecule has 1 amide bonds. The molecule has 33 heavy (non-hydrogen) atoms. The summed E-state index contributed by atoms with van der Waals surface area (Å²) in [6, 6.07) is 14.9. The van der Waals surface area contributed by atoms with Gasteiger partial charge in [0.25, 0.3) is 0 Å². The van der Waals surface area contributed by atoms with E-state index in [1.807, 2.05) is 19.1 Å². The molecule has 0 aromatic heterocycles. The lowest BCUT2D eigenvalue weighted by atomic mass is 10.1. The number of carbonyl (C=O) groups is 1. The van der Waals surface area contributed by atoms with Crippen LogP contribution in [-0.4, -0.2) is 51.7 Å². The van der Waals surface area contributed by atoms with Crippen molar-refractivity contribution in [3.8, 4) is 5.75 Å². The Balaban J connectivity index is 1.58. The third kappa shape index (κ3) is 8.05. The van der Waals surface area contributed by atoms with Crippen molar-refractivity contribution in [3.63, 3.8) is 0 Å². The highest BCUT2D eigenvalue weighted by atomic mass is 32.2. The average molecular weight is 474 g/mol. The SMILES string of the molecule is CCCOc1ccc(N(CC(=O)NCc2cccc(CN3CCCCC3)c2)S(C)(=O)=O)cc1. The van der Waals surface area contributed by atoms with Crippen LogP contribution >= 0.6 is 0 Å². The van der Waals surface area contributed by atoms with Crippen molar-refractivity contribution in [2.24, 2.45) is 0 Å². The van der Waals surface area contributed by atoms with Crippen molar-refractivity contribution >= 4 is 21.6 Å². The standard InChI is InChI=1S/C25H35N3O4S/c1-3-16-32-24-12-10-23(11-13-24)28(33(2,30)31)20-25(29)26-18-21-8-7-9-22(17-21)19-27-14-5-4-6-15-27/h7-13,17H,3-6,14-16,18-20H2,1-2H3,(H,26,29). The molecule has 8 heteroatoms. The van der Waals surface area contributed by atoms with Crippen LogP contribution in [0.2, 0.25) is 0 Å². The van der Waals surface area contributed by atoms with Crippen LogP contribution in [0.4, 0.5) is 5.69 Å². The highest BCUT2D eigenvalue weighted by Crippen LogP contribution is 2.22. The fourth-order valence-corrected chi connectivity index (χ4v) is 4.79. The number of benzene rings is 2. The first-order chi connectivity index (χ1) is 15.8. The van der Waals surface area contributed by atoms with E-state index in [0.29, 0.717) is 24.6 Å². The van der Waals surface area contributed by atoms with Crippen LogP contribution in [-0.2, 0) is 27.9 Å². The minimum Gasteiger partial charge on any atom is -0.494 e.